The number of fused-ring (bicyclic) bond motifs is 2. The standard InChI is InChI=1S/C14H19N3O2/c18-8-11-9-4-5-10(7-9)13(11)17-14(19)16-12-3-1-2-6-15-12/h1-3,6,9-11,13,18H,4-5,7-8H2,(H2,15,16,17,19)/t9-,10+,11-,13+/m0/s1. The number of hydrogen-bond donors (Lipinski definition) is 3. The van der Waals surface area contributed by atoms with Crippen LogP contribution >= 0.6 is 0 Å². The van der Waals surface area contributed by atoms with Crippen molar-refractivity contribution in [2.75, 3.05) is 11.9 Å². The smallest absolute Gasteiger partial charge is 0.320 e. The highest BCUT2D eigenvalue weighted by Gasteiger charge is 2.47. The number of pyridine rings is 1. The molecule has 1 aromatic heterocycles. The lowest BCUT2D eigenvalue weighted by atomic mass is 9.85. The van der Waals surface area contributed by atoms with Crippen LogP contribution in [-0.4, -0.2) is 28.8 Å². The minimum atomic E-state index is -0.227. The zero-order valence-electron chi connectivity index (χ0n) is 10.7. The maximum Gasteiger partial charge on any atom is 0.320 e. The van der Waals surface area contributed by atoms with Gasteiger partial charge in [-0.05, 0) is 43.2 Å². The van der Waals surface area contributed by atoms with E-state index >= 15 is 0 Å². The number of anilines is 1. The van der Waals surface area contributed by atoms with E-state index in [9.17, 15) is 9.90 Å². The van der Waals surface area contributed by atoms with Gasteiger partial charge in [-0.2, -0.15) is 0 Å². The van der Waals surface area contributed by atoms with Crippen LogP contribution in [0.2, 0.25) is 0 Å². The minimum absolute atomic E-state index is 0.104. The highest BCUT2D eigenvalue weighted by Crippen LogP contribution is 2.48. The molecule has 1 aromatic rings. The Bertz CT molecular complexity index is 451. The molecule has 19 heavy (non-hydrogen) atoms. The van der Waals surface area contributed by atoms with E-state index in [0.29, 0.717) is 17.7 Å². The van der Waals surface area contributed by atoms with Crippen LogP contribution in [0, 0.1) is 17.8 Å². The van der Waals surface area contributed by atoms with Crippen LogP contribution < -0.4 is 10.6 Å². The summed E-state index contributed by atoms with van der Waals surface area (Å²) in [7, 11) is 0. The highest BCUT2D eigenvalue weighted by molar-refractivity contribution is 5.88. The number of carbonyl (C=O) groups is 1. The molecular formula is C14H19N3O2. The molecule has 0 spiro atoms. The number of aliphatic hydroxyl groups is 1. The zero-order chi connectivity index (χ0) is 13.2. The molecule has 4 atom stereocenters. The van der Waals surface area contributed by atoms with Gasteiger partial charge in [0.2, 0.25) is 0 Å². The van der Waals surface area contributed by atoms with Gasteiger partial charge < -0.3 is 10.4 Å². The molecule has 2 aliphatic rings. The minimum Gasteiger partial charge on any atom is -0.396 e. The van der Waals surface area contributed by atoms with Gasteiger partial charge in [-0.1, -0.05) is 6.07 Å². The van der Waals surface area contributed by atoms with Crippen LogP contribution in [0.25, 0.3) is 0 Å². The van der Waals surface area contributed by atoms with Gasteiger partial charge in [0.25, 0.3) is 0 Å². The van der Waals surface area contributed by atoms with Crippen molar-refractivity contribution >= 4 is 11.8 Å². The first-order valence-corrected chi connectivity index (χ1v) is 6.87. The Morgan fingerprint density at radius 3 is 2.95 bits per heavy atom. The van der Waals surface area contributed by atoms with E-state index in [1.54, 1.807) is 18.3 Å². The topological polar surface area (TPSA) is 74.2 Å². The van der Waals surface area contributed by atoms with Crippen molar-refractivity contribution in [3.63, 3.8) is 0 Å². The molecule has 0 unspecified atom stereocenters. The van der Waals surface area contributed by atoms with Gasteiger partial charge in [0, 0.05) is 24.8 Å². The molecule has 0 aliphatic heterocycles. The van der Waals surface area contributed by atoms with Gasteiger partial charge in [0.1, 0.15) is 5.82 Å². The Kier molecular flexibility index (Phi) is 3.38. The van der Waals surface area contributed by atoms with E-state index < -0.39 is 0 Å². The summed E-state index contributed by atoms with van der Waals surface area (Å²) in [5.74, 6) is 1.86. The van der Waals surface area contributed by atoms with E-state index in [1.165, 1.54) is 6.42 Å². The van der Waals surface area contributed by atoms with Crippen LogP contribution in [0.1, 0.15) is 19.3 Å². The van der Waals surface area contributed by atoms with Crippen molar-refractivity contribution in [3.05, 3.63) is 24.4 Å². The van der Waals surface area contributed by atoms with Gasteiger partial charge in [-0.3, -0.25) is 5.32 Å². The quantitative estimate of drug-likeness (QED) is 0.774. The maximum atomic E-state index is 12.0. The second-order valence-electron chi connectivity index (χ2n) is 5.52. The SMILES string of the molecule is O=C(Nc1ccccn1)N[C@@H]1[C@@H]2CC[C@@H](C2)[C@@H]1CO. The molecule has 0 radical (unpaired) electrons. The van der Waals surface area contributed by atoms with Crippen LogP contribution in [0.4, 0.5) is 10.6 Å². The molecule has 2 aliphatic carbocycles. The Morgan fingerprint density at radius 1 is 1.37 bits per heavy atom. The van der Waals surface area contributed by atoms with Gasteiger partial charge >= 0.3 is 6.03 Å². The third kappa shape index (κ3) is 2.42. The molecule has 2 saturated carbocycles. The summed E-state index contributed by atoms with van der Waals surface area (Å²) in [5, 5.41) is 15.2. The lowest BCUT2D eigenvalue weighted by Crippen LogP contribution is -2.46. The summed E-state index contributed by atoms with van der Waals surface area (Å²) in [6.07, 6.45) is 5.13. The molecule has 3 rings (SSSR count). The number of rotatable bonds is 3. The lowest BCUT2D eigenvalue weighted by molar-refractivity contribution is 0.146. The fourth-order valence-corrected chi connectivity index (χ4v) is 3.64. The molecule has 2 amide bonds. The molecule has 2 fully saturated rings. The average molecular weight is 261 g/mol. The van der Waals surface area contributed by atoms with Crippen molar-refractivity contribution in [2.24, 2.45) is 17.8 Å². The van der Waals surface area contributed by atoms with Crippen LogP contribution in [0.3, 0.4) is 0 Å². The number of hydrogen-bond acceptors (Lipinski definition) is 3. The molecule has 2 bridgehead atoms. The number of nitrogens with zero attached hydrogens (tertiary/aromatic N) is 1. The number of aliphatic hydroxyl groups excluding tert-OH is 1. The second kappa shape index (κ2) is 5.17. The van der Waals surface area contributed by atoms with Gasteiger partial charge in [0.15, 0.2) is 0 Å². The first-order valence-electron chi connectivity index (χ1n) is 6.87. The molecular weight excluding hydrogens is 242 g/mol. The summed E-state index contributed by atoms with van der Waals surface area (Å²) in [5.41, 5.74) is 0. The Morgan fingerprint density at radius 2 is 2.21 bits per heavy atom. The molecule has 5 heteroatoms. The van der Waals surface area contributed by atoms with Crippen molar-refractivity contribution < 1.29 is 9.90 Å². The molecule has 1 heterocycles. The fraction of sp³-hybridized carbons (Fsp3) is 0.571. The summed E-state index contributed by atoms with van der Waals surface area (Å²) in [6.45, 7) is 0.162. The van der Waals surface area contributed by atoms with Crippen molar-refractivity contribution in [1.29, 1.82) is 0 Å². The molecule has 5 nitrogen and oxygen atoms in total. The number of urea groups is 1. The summed E-state index contributed by atoms with van der Waals surface area (Å²) in [4.78, 5) is 16.0. The number of aromatic nitrogens is 1. The molecule has 0 aromatic carbocycles. The van der Waals surface area contributed by atoms with Crippen LogP contribution in [-0.2, 0) is 0 Å². The highest BCUT2D eigenvalue weighted by atomic mass is 16.3. The summed E-state index contributed by atoms with van der Waals surface area (Å²) >= 11 is 0. The normalized spacial score (nSPS) is 32.3. The Balaban J connectivity index is 1.60. The second-order valence-corrected chi connectivity index (χ2v) is 5.52. The average Bonchev–Trinajstić information content (AvgIpc) is 3.00. The number of carbonyl (C=O) groups excluding carboxylic acids is 1. The van der Waals surface area contributed by atoms with Gasteiger partial charge in [0.05, 0.1) is 0 Å². The zero-order valence-corrected chi connectivity index (χ0v) is 10.7. The lowest BCUT2D eigenvalue weighted by Gasteiger charge is -2.30. The predicted octanol–water partition coefficient (Wildman–Crippen LogP) is 1.61. The molecule has 0 saturated heterocycles. The third-order valence-electron chi connectivity index (χ3n) is 4.50. The first-order chi connectivity index (χ1) is 9.28. The summed E-state index contributed by atoms with van der Waals surface area (Å²) in [6, 6.07) is 5.27. The monoisotopic (exact) mass is 261 g/mol. The predicted molar refractivity (Wildman–Crippen MR) is 71.6 cm³/mol. The van der Waals surface area contributed by atoms with Crippen LogP contribution in [0.5, 0.6) is 0 Å². The van der Waals surface area contributed by atoms with Crippen LogP contribution in [0.15, 0.2) is 24.4 Å². The van der Waals surface area contributed by atoms with Crippen molar-refractivity contribution in [2.45, 2.75) is 25.3 Å². The van der Waals surface area contributed by atoms with Gasteiger partial charge in [-0.15, -0.1) is 0 Å². The van der Waals surface area contributed by atoms with Gasteiger partial charge in [-0.25, -0.2) is 9.78 Å². The third-order valence-corrected chi connectivity index (χ3v) is 4.50. The molecule has 3 N–H and O–H groups in total. The van der Waals surface area contributed by atoms with E-state index in [4.69, 9.17) is 0 Å². The van der Waals surface area contributed by atoms with Crippen molar-refractivity contribution in [3.8, 4) is 0 Å². The Hall–Kier alpha value is -1.62. The maximum absolute atomic E-state index is 12.0. The number of amides is 2. The largest absolute Gasteiger partial charge is 0.396 e. The fourth-order valence-electron chi connectivity index (χ4n) is 3.64. The van der Waals surface area contributed by atoms with E-state index in [0.717, 1.165) is 12.8 Å². The summed E-state index contributed by atoms with van der Waals surface area (Å²) < 4.78 is 0. The van der Waals surface area contributed by atoms with E-state index in [-0.39, 0.29) is 24.6 Å². The van der Waals surface area contributed by atoms with E-state index in [2.05, 4.69) is 15.6 Å². The molecule has 102 valence electrons. The van der Waals surface area contributed by atoms with E-state index in [1.807, 2.05) is 6.07 Å². The Labute approximate surface area is 112 Å². The first kappa shape index (κ1) is 12.4. The van der Waals surface area contributed by atoms with Crippen molar-refractivity contribution in [1.82, 2.24) is 10.3 Å². The number of nitrogens with one attached hydrogen (secondary N) is 2.